The van der Waals surface area contributed by atoms with Crippen LogP contribution in [0.15, 0.2) is 58.0 Å². The van der Waals surface area contributed by atoms with Gasteiger partial charge in [0.2, 0.25) is 5.91 Å². The minimum atomic E-state index is -0.350. The standard InChI is InChI=1S/C24H26IN3O3.BrH/c1-3-28(4-2)21-8-7-19-15-20(24(30)31-22(19)16-21)6-5-18-9-12-27(13-10-18)14-11-26-23(29)17-25;/h5-10,12-13,15-16H,3-4,11,14,17H2,1-2H3;1H. The molecule has 1 aromatic carbocycles. The number of alkyl halides is 1. The van der Waals surface area contributed by atoms with E-state index in [9.17, 15) is 9.59 Å². The normalized spacial score (nSPS) is 10.8. The molecule has 8 heteroatoms. The molecule has 1 amide bonds. The van der Waals surface area contributed by atoms with Crippen LogP contribution >= 0.6 is 22.6 Å². The van der Waals surface area contributed by atoms with E-state index in [1.54, 1.807) is 6.08 Å². The van der Waals surface area contributed by atoms with Crippen LogP contribution in [0.1, 0.15) is 25.0 Å². The van der Waals surface area contributed by atoms with E-state index in [1.807, 2.05) is 76.0 Å². The number of anilines is 1. The number of amides is 1. The molecule has 0 saturated heterocycles. The van der Waals surface area contributed by atoms with E-state index in [0.717, 1.165) is 29.7 Å². The molecule has 2 aromatic heterocycles. The third-order valence-corrected chi connectivity index (χ3v) is 5.75. The number of nitrogens with one attached hydrogen (secondary N) is 1. The van der Waals surface area contributed by atoms with Gasteiger partial charge in [-0.3, -0.25) is 4.79 Å². The first-order valence-electron chi connectivity index (χ1n) is 10.4. The van der Waals surface area contributed by atoms with Crippen LogP contribution in [-0.4, -0.2) is 30.0 Å². The maximum atomic E-state index is 12.5. The summed E-state index contributed by atoms with van der Waals surface area (Å²) in [7, 11) is 0. The van der Waals surface area contributed by atoms with Crippen molar-refractivity contribution >= 4 is 57.3 Å². The average molecular weight is 612 g/mol. The SMILES string of the molecule is CCN(CC)c1ccc2cc(/C=C/c3cc[n+](CCNC(=O)CI)cc3)c(=O)oc2c1.[Br-]. The number of benzene rings is 1. The summed E-state index contributed by atoms with van der Waals surface area (Å²) in [4.78, 5) is 26.0. The summed E-state index contributed by atoms with van der Waals surface area (Å²) in [5, 5.41) is 3.75. The summed E-state index contributed by atoms with van der Waals surface area (Å²) in [5.74, 6) is 0.0410. The smallest absolute Gasteiger partial charge is 0.343 e. The molecule has 32 heavy (non-hydrogen) atoms. The van der Waals surface area contributed by atoms with E-state index >= 15 is 0 Å². The molecule has 0 spiro atoms. The van der Waals surface area contributed by atoms with Crippen molar-refractivity contribution in [3.63, 3.8) is 0 Å². The summed E-state index contributed by atoms with van der Waals surface area (Å²) in [5.41, 5.74) is 2.79. The zero-order valence-corrected chi connectivity index (χ0v) is 21.9. The molecular formula is C24H27BrIN3O3. The second-order valence-corrected chi connectivity index (χ2v) is 7.83. The first-order valence-corrected chi connectivity index (χ1v) is 11.9. The number of fused-ring (bicyclic) bond motifs is 1. The topological polar surface area (TPSA) is 66.4 Å². The van der Waals surface area contributed by atoms with Crippen LogP contribution in [0, 0.1) is 0 Å². The first kappa shape index (κ1) is 26.1. The van der Waals surface area contributed by atoms with Crippen molar-refractivity contribution in [3.05, 3.63) is 70.3 Å². The molecule has 0 radical (unpaired) electrons. The molecule has 1 N–H and O–H groups in total. The molecule has 170 valence electrons. The number of carbonyl (C=O) groups is 1. The number of halogens is 2. The van der Waals surface area contributed by atoms with Gasteiger partial charge in [0.05, 0.1) is 16.5 Å². The summed E-state index contributed by atoms with van der Waals surface area (Å²) < 4.78 is 8.05. The van der Waals surface area contributed by atoms with Crippen molar-refractivity contribution in [3.8, 4) is 0 Å². The lowest BCUT2D eigenvalue weighted by Crippen LogP contribution is -3.00. The summed E-state index contributed by atoms with van der Waals surface area (Å²) in [6.07, 6.45) is 7.58. The molecule has 2 heterocycles. The van der Waals surface area contributed by atoms with Crippen LogP contribution in [0.25, 0.3) is 23.1 Å². The van der Waals surface area contributed by atoms with E-state index in [-0.39, 0.29) is 28.5 Å². The monoisotopic (exact) mass is 611 g/mol. The largest absolute Gasteiger partial charge is 1.00 e. The first-order chi connectivity index (χ1) is 15.0. The maximum absolute atomic E-state index is 12.5. The van der Waals surface area contributed by atoms with Crippen molar-refractivity contribution in [2.24, 2.45) is 0 Å². The molecular weight excluding hydrogens is 585 g/mol. The van der Waals surface area contributed by atoms with Gasteiger partial charge in [-0.25, -0.2) is 9.36 Å². The number of hydrogen-bond donors (Lipinski definition) is 1. The lowest BCUT2D eigenvalue weighted by atomic mass is 10.1. The Hall–Kier alpha value is -2.20. The Balaban J connectivity index is 0.00000363. The number of rotatable bonds is 9. The molecule has 0 fully saturated rings. The van der Waals surface area contributed by atoms with Gasteiger partial charge in [0.25, 0.3) is 0 Å². The van der Waals surface area contributed by atoms with Crippen molar-refractivity contribution in [1.29, 1.82) is 0 Å². The molecule has 0 saturated carbocycles. The fourth-order valence-corrected chi connectivity index (χ4v) is 3.57. The van der Waals surface area contributed by atoms with Gasteiger partial charge >= 0.3 is 5.63 Å². The lowest BCUT2D eigenvalue weighted by molar-refractivity contribution is -0.694. The number of aromatic nitrogens is 1. The van der Waals surface area contributed by atoms with E-state index in [0.29, 0.717) is 28.7 Å². The summed E-state index contributed by atoms with van der Waals surface area (Å²) in [6, 6.07) is 11.8. The molecule has 3 rings (SSSR count). The third kappa shape index (κ3) is 6.90. The van der Waals surface area contributed by atoms with Gasteiger partial charge in [0, 0.05) is 42.4 Å². The van der Waals surface area contributed by atoms with Gasteiger partial charge in [-0.05, 0) is 43.7 Å². The Morgan fingerprint density at radius 1 is 1.12 bits per heavy atom. The Morgan fingerprint density at radius 3 is 2.50 bits per heavy atom. The number of carbonyl (C=O) groups excluding carboxylic acids is 1. The number of nitrogens with zero attached hydrogens (tertiary/aromatic N) is 2. The number of hydrogen-bond acceptors (Lipinski definition) is 4. The van der Waals surface area contributed by atoms with Crippen molar-refractivity contribution in [1.82, 2.24) is 5.32 Å². The van der Waals surface area contributed by atoms with E-state index in [4.69, 9.17) is 4.42 Å². The summed E-state index contributed by atoms with van der Waals surface area (Å²) >= 11 is 2.04. The van der Waals surface area contributed by atoms with Gasteiger partial charge in [0.15, 0.2) is 18.9 Å². The molecule has 0 atom stereocenters. The van der Waals surface area contributed by atoms with Gasteiger partial charge < -0.3 is 31.6 Å². The van der Waals surface area contributed by atoms with Gasteiger partial charge in [-0.1, -0.05) is 28.7 Å². The maximum Gasteiger partial charge on any atom is 0.343 e. The Bertz CT molecular complexity index is 1130. The molecule has 0 aliphatic carbocycles. The Morgan fingerprint density at radius 2 is 1.84 bits per heavy atom. The predicted octanol–water partition coefficient (Wildman–Crippen LogP) is 0.652. The fraction of sp³-hybridized carbons (Fsp3) is 0.292. The molecule has 0 unspecified atom stereocenters. The van der Waals surface area contributed by atoms with Crippen molar-refractivity contribution in [2.45, 2.75) is 20.4 Å². The molecule has 0 aliphatic rings. The molecule has 0 aliphatic heterocycles. The quantitative estimate of drug-likeness (QED) is 0.167. The molecule has 0 bridgehead atoms. The second kappa shape index (κ2) is 12.7. The average Bonchev–Trinajstić information content (AvgIpc) is 2.79. The van der Waals surface area contributed by atoms with Crippen LogP contribution in [0.4, 0.5) is 5.69 Å². The van der Waals surface area contributed by atoms with Crippen molar-refractivity contribution in [2.75, 3.05) is 29.0 Å². The minimum absolute atomic E-state index is 0. The van der Waals surface area contributed by atoms with Crippen molar-refractivity contribution < 1.29 is 30.8 Å². The number of pyridine rings is 1. The summed E-state index contributed by atoms with van der Waals surface area (Å²) in [6.45, 7) is 7.31. The second-order valence-electron chi connectivity index (χ2n) is 7.07. The Kier molecular flexibility index (Phi) is 10.4. The van der Waals surface area contributed by atoms with Crippen LogP contribution in [0.2, 0.25) is 0 Å². The third-order valence-electron chi connectivity index (χ3n) is 5.06. The minimum Gasteiger partial charge on any atom is -1.00 e. The zero-order chi connectivity index (χ0) is 22.2. The molecule has 6 nitrogen and oxygen atoms in total. The predicted molar refractivity (Wildman–Crippen MR) is 134 cm³/mol. The molecule has 3 aromatic rings. The van der Waals surface area contributed by atoms with Gasteiger partial charge in [0.1, 0.15) is 5.58 Å². The highest BCUT2D eigenvalue weighted by molar-refractivity contribution is 14.1. The van der Waals surface area contributed by atoms with E-state index in [2.05, 4.69) is 30.1 Å². The highest BCUT2D eigenvalue weighted by Crippen LogP contribution is 2.22. The Labute approximate surface area is 212 Å². The van der Waals surface area contributed by atoms with Gasteiger partial charge in [-0.2, -0.15) is 0 Å². The highest BCUT2D eigenvalue weighted by Gasteiger charge is 2.07. The van der Waals surface area contributed by atoms with Gasteiger partial charge in [-0.15, -0.1) is 0 Å². The highest BCUT2D eigenvalue weighted by atomic mass is 127. The lowest BCUT2D eigenvalue weighted by Gasteiger charge is -2.20. The van der Waals surface area contributed by atoms with Crippen LogP contribution in [0.3, 0.4) is 0 Å². The van der Waals surface area contributed by atoms with E-state index < -0.39 is 0 Å². The fourth-order valence-electron chi connectivity index (χ4n) is 3.30. The van der Waals surface area contributed by atoms with Crippen LogP contribution < -0.4 is 37.4 Å². The van der Waals surface area contributed by atoms with Crippen LogP contribution in [-0.2, 0) is 11.3 Å². The zero-order valence-electron chi connectivity index (χ0n) is 18.2. The van der Waals surface area contributed by atoms with Crippen LogP contribution in [0.5, 0.6) is 0 Å². The van der Waals surface area contributed by atoms with E-state index in [1.165, 1.54) is 0 Å².